The van der Waals surface area contributed by atoms with Gasteiger partial charge >= 0.3 is 0 Å². The number of carbonyl (C=O) groups is 2. The Labute approximate surface area is 187 Å². The predicted molar refractivity (Wildman–Crippen MR) is 121 cm³/mol. The maximum Gasteiger partial charge on any atom is 0.272 e. The number of rotatable bonds is 5. The summed E-state index contributed by atoms with van der Waals surface area (Å²) in [6, 6.07) is 12.8. The SMILES string of the molecule is CC(=O)Nc1ccc(Oc2cc(C)nc([C@@H]3CCCN(C(=O)c4ccnn4C)C3)c2)cc1. The molecule has 1 saturated heterocycles. The van der Waals surface area contributed by atoms with E-state index in [1.54, 1.807) is 36.1 Å². The summed E-state index contributed by atoms with van der Waals surface area (Å²) >= 11 is 0. The van der Waals surface area contributed by atoms with Crippen molar-refractivity contribution in [1.29, 1.82) is 0 Å². The molecule has 0 saturated carbocycles. The van der Waals surface area contributed by atoms with Crippen molar-refractivity contribution in [2.45, 2.75) is 32.6 Å². The van der Waals surface area contributed by atoms with Crippen LogP contribution in [0.4, 0.5) is 5.69 Å². The van der Waals surface area contributed by atoms with E-state index in [1.165, 1.54) is 6.92 Å². The number of pyridine rings is 1. The first-order chi connectivity index (χ1) is 15.4. The first kappa shape index (κ1) is 21.5. The van der Waals surface area contributed by atoms with Gasteiger partial charge in [0.25, 0.3) is 5.91 Å². The van der Waals surface area contributed by atoms with Gasteiger partial charge < -0.3 is 15.0 Å². The van der Waals surface area contributed by atoms with Crippen LogP contribution >= 0.6 is 0 Å². The number of benzene rings is 1. The van der Waals surface area contributed by atoms with Crippen LogP contribution in [0.3, 0.4) is 0 Å². The number of nitrogens with zero attached hydrogens (tertiary/aromatic N) is 4. The Morgan fingerprint density at radius 1 is 1.12 bits per heavy atom. The highest BCUT2D eigenvalue weighted by Gasteiger charge is 2.28. The maximum atomic E-state index is 12.9. The average molecular weight is 434 g/mol. The fraction of sp³-hybridized carbons (Fsp3) is 0.333. The minimum absolute atomic E-state index is 0.00177. The van der Waals surface area contributed by atoms with Crippen molar-refractivity contribution in [2.75, 3.05) is 18.4 Å². The van der Waals surface area contributed by atoms with E-state index < -0.39 is 0 Å². The zero-order valence-electron chi connectivity index (χ0n) is 18.5. The van der Waals surface area contributed by atoms with Crippen LogP contribution < -0.4 is 10.1 Å². The summed E-state index contributed by atoms with van der Waals surface area (Å²) in [5, 5.41) is 6.85. The highest BCUT2D eigenvalue weighted by molar-refractivity contribution is 5.92. The van der Waals surface area contributed by atoms with Gasteiger partial charge in [0.1, 0.15) is 17.2 Å². The third-order valence-electron chi connectivity index (χ3n) is 5.52. The molecule has 1 N–H and O–H groups in total. The van der Waals surface area contributed by atoms with Gasteiger partial charge in [0.15, 0.2) is 0 Å². The van der Waals surface area contributed by atoms with Crippen molar-refractivity contribution in [3.63, 3.8) is 0 Å². The number of aryl methyl sites for hydroxylation is 2. The quantitative estimate of drug-likeness (QED) is 0.659. The number of amides is 2. The summed E-state index contributed by atoms with van der Waals surface area (Å²) in [4.78, 5) is 30.7. The number of anilines is 1. The molecule has 2 amide bonds. The van der Waals surface area contributed by atoms with Crippen LogP contribution in [0.25, 0.3) is 0 Å². The first-order valence-corrected chi connectivity index (χ1v) is 10.7. The molecule has 1 fully saturated rings. The summed E-state index contributed by atoms with van der Waals surface area (Å²) in [5.74, 6) is 1.40. The van der Waals surface area contributed by atoms with Crippen LogP contribution in [-0.2, 0) is 11.8 Å². The van der Waals surface area contributed by atoms with Crippen molar-refractivity contribution in [1.82, 2.24) is 19.7 Å². The average Bonchev–Trinajstić information content (AvgIpc) is 3.20. The van der Waals surface area contributed by atoms with Crippen molar-refractivity contribution in [3.8, 4) is 11.5 Å². The van der Waals surface area contributed by atoms with Crippen molar-refractivity contribution in [3.05, 3.63) is 65.7 Å². The predicted octanol–water partition coefficient (Wildman–Crippen LogP) is 3.89. The minimum Gasteiger partial charge on any atom is -0.457 e. The lowest BCUT2D eigenvalue weighted by atomic mass is 9.93. The standard InChI is InChI=1S/C24H27N5O3/c1-16-13-21(32-20-8-6-19(7-9-20)27-17(2)30)14-22(26-16)18-5-4-12-29(15-18)24(31)23-10-11-25-28(23)3/h6-11,13-14,18H,4-5,12,15H2,1-3H3,(H,27,30)/t18-/m1/s1. The molecule has 166 valence electrons. The second-order valence-electron chi connectivity index (χ2n) is 8.11. The van der Waals surface area contributed by atoms with Gasteiger partial charge in [0.2, 0.25) is 5.91 Å². The minimum atomic E-state index is -0.114. The van der Waals surface area contributed by atoms with Gasteiger partial charge in [0, 0.05) is 68.4 Å². The molecule has 0 aliphatic carbocycles. The normalized spacial score (nSPS) is 16.0. The molecule has 1 aliphatic heterocycles. The fourth-order valence-electron chi connectivity index (χ4n) is 4.02. The molecule has 1 aliphatic rings. The lowest BCUT2D eigenvalue weighted by Gasteiger charge is -2.32. The summed E-state index contributed by atoms with van der Waals surface area (Å²) < 4.78 is 7.67. The second-order valence-corrected chi connectivity index (χ2v) is 8.11. The third kappa shape index (κ3) is 4.96. The largest absolute Gasteiger partial charge is 0.457 e. The molecular formula is C24H27N5O3. The van der Waals surface area contributed by atoms with E-state index in [9.17, 15) is 9.59 Å². The van der Waals surface area contributed by atoms with Crippen molar-refractivity contribution < 1.29 is 14.3 Å². The number of aromatic nitrogens is 3. The highest BCUT2D eigenvalue weighted by Crippen LogP contribution is 2.31. The van der Waals surface area contributed by atoms with Crippen LogP contribution in [0.15, 0.2) is 48.7 Å². The smallest absolute Gasteiger partial charge is 0.272 e. The fourth-order valence-corrected chi connectivity index (χ4v) is 4.02. The van der Waals surface area contributed by atoms with Gasteiger partial charge in [-0.05, 0) is 50.1 Å². The Morgan fingerprint density at radius 3 is 2.59 bits per heavy atom. The van der Waals surface area contributed by atoms with Crippen LogP contribution in [0, 0.1) is 6.92 Å². The molecule has 0 spiro atoms. The van der Waals surface area contributed by atoms with Gasteiger partial charge in [-0.2, -0.15) is 5.10 Å². The van der Waals surface area contributed by atoms with Crippen molar-refractivity contribution >= 4 is 17.5 Å². The van der Waals surface area contributed by atoms with E-state index in [-0.39, 0.29) is 17.7 Å². The number of carbonyl (C=O) groups excluding carboxylic acids is 2. The summed E-state index contributed by atoms with van der Waals surface area (Å²) in [6.45, 7) is 4.77. The van der Waals surface area contributed by atoms with E-state index in [4.69, 9.17) is 9.72 Å². The zero-order valence-corrected chi connectivity index (χ0v) is 18.5. The Balaban J connectivity index is 1.49. The monoisotopic (exact) mass is 433 g/mol. The summed E-state index contributed by atoms with van der Waals surface area (Å²) in [7, 11) is 1.78. The van der Waals surface area contributed by atoms with Gasteiger partial charge in [-0.1, -0.05) is 0 Å². The lowest BCUT2D eigenvalue weighted by Crippen LogP contribution is -2.40. The van der Waals surface area contributed by atoms with E-state index in [2.05, 4.69) is 10.4 Å². The zero-order chi connectivity index (χ0) is 22.7. The molecule has 8 nitrogen and oxygen atoms in total. The second kappa shape index (κ2) is 9.21. The van der Waals surface area contributed by atoms with Crippen LogP contribution in [0.2, 0.25) is 0 Å². The molecule has 4 rings (SSSR count). The molecule has 8 heteroatoms. The number of hydrogen-bond donors (Lipinski definition) is 1. The maximum absolute atomic E-state index is 12.9. The highest BCUT2D eigenvalue weighted by atomic mass is 16.5. The molecule has 1 atom stereocenters. The van der Waals surface area contributed by atoms with Gasteiger partial charge in [-0.15, -0.1) is 0 Å². The number of nitrogens with one attached hydrogen (secondary N) is 1. The molecule has 3 aromatic rings. The Morgan fingerprint density at radius 2 is 1.91 bits per heavy atom. The Kier molecular flexibility index (Phi) is 6.20. The van der Waals surface area contributed by atoms with Gasteiger partial charge in [-0.3, -0.25) is 19.3 Å². The number of piperidine rings is 1. The molecule has 0 radical (unpaired) electrons. The van der Waals surface area contributed by atoms with Gasteiger partial charge in [0.05, 0.1) is 0 Å². The van der Waals surface area contributed by atoms with Crippen molar-refractivity contribution in [2.24, 2.45) is 7.05 Å². The summed E-state index contributed by atoms with van der Waals surface area (Å²) in [6.07, 6.45) is 3.53. The molecule has 3 heterocycles. The number of likely N-dealkylation sites (tertiary alicyclic amines) is 1. The van der Waals surface area contributed by atoms with Crippen LogP contribution in [0.1, 0.15) is 47.6 Å². The van der Waals surface area contributed by atoms with Gasteiger partial charge in [-0.25, -0.2) is 0 Å². The van der Waals surface area contributed by atoms with E-state index in [1.807, 2.05) is 36.1 Å². The van der Waals surface area contributed by atoms with E-state index in [0.29, 0.717) is 23.7 Å². The number of ether oxygens (including phenoxy) is 1. The Bertz CT molecular complexity index is 1120. The molecular weight excluding hydrogens is 406 g/mol. The molecule has 2 aromatic heterocycles. The van der Waals surface area contributed by atoms with E-state index >= 15 is 0 Å². The molecule has 1 aromatic carbocycles. The number of hydrogen-bond acceptors (Lipinski definition) is 5. The van der Waals surface area contributed by atoms with E-state index in [0.717, 1.165) is 36.5 Å². The van der Waals surface area contributed by atoms with Crippen LogP contribution in [0.5, 0.6) is 11.5 Å². The Hall–Kier alpha value is -3.68. The first-order valence-electron chi connectivity index (χ1n) is 10.7. The molecule has 32 heavy (non-hydrogen) atoms. The lowest BCUT2D eigenvalue weighted by molar-refractivity contribution is -0.114. The third-order valence-corrected chi connectivity index (χ3v) is 5.52. The summed E-state index contributed by atoms with van der Waals surface area (Å²) in [5.41, 5.74) is 3.10. The van der Waals surface area contributed by atoms with Crippen LogP contribution in [-0.4, -0.2) is 44.6 Å². The topological polar surface area (TPSA) is 89.3 Å². The molecule has 0 bridgehead atoms. The molecule has 0 unspecified atom stereocenters.